The molecule has 1 heterocycles. The summed E-state index contributed by atoms with van der Waals surface area (Å²) in [5.41, 5.74) is 2.30. The monoisotopic (exact) mass is 374 g/mol. The number of nitrogens with one attached hydrogen (secondary N) is 1. The van der Waals surface area contributed by atoms with Crippen molar-refractivity contribution in [3.63, 3.8) is 0 Å². The number of rotatable bonds is 3. The first-order chi connectivity index (χ1) is 11.0. The van der Waals surface area contributed by atoms with Gasteiger partial charge in [0.25, 0.3) is 5.91 Å². The van der Waals surface area contributed by atoms with E-state index in [1.165, 1.54) is 4.90 Å². The molecule has 1 N–H and O–H groups in total. The number of halogens is 1. The van der Waals surface area contributed by atoms with Crippen molar-refractivity contribution in [3.05, 3.63) is 52.5 Å². The van der Waals surface area contributed by atoms with Crippen LogP contribution < -0.4 is 15.0 Å². The molecule has 0 radical (unpaired) electrons. The van der Waals surface area contributed by atoms with E-state index in [-0.39, 0.29) is 25.0 Å². The zero-order valence-corrected chi connectivity index (χ0v) is 14.1. The van der Waals surface area contributed by atoms with Crippen molar-refractivity contribution in [2.24, 2.45) is 0 Å². The second kappa shape index (κ2) is 6.42. The zero-order valence-electron chi connectivity index (χ0n) is 12.5. The first kappa shape index (κ1) is 15.6. The highest BCUT2D eigenvalue weighted by Gasteiger charge is 2.27. The molecule has 0 unspecified atom stereocenters. The van der Waals surface area contributed by atoms with Crippen LogP contribution >= 0.6 is 15.9 Å². The predicted octanol–water partition coefficient (Wildman–Crippen LogP) is 3.12. The molecule has 0 saturated carbocycles. The van der Waals surface area contributed by atoms with Crippen LogP contribution in [0, 0.1) is 6.92 Å². The normalized spacial score (nSPS) is 13.3. The minimum Gasteiger partial charge on any atom is -0.482 e. The number of hydrogen-bond donors (Lipinski definition) is 1. The average Bonchev–Trinajstić information content (AvgIpc) is 2.52. The van der Waals surface area contributed by atoms with E-state index >= 15 is 0 Å². The highest BCUT2D eigenvalue weighted by molar-refractivity contribution is 9.10. The molecule has 0 aliphatic carbocycles. The van der Waals surface area contributed by atoms with E-state index in [2.05, 4.69) is 21.2 Å². The summed E-state index contributed by atoms with van der Waals surface area (Å²) in [6, 6.07) is 12.9. The molecule has 1 aliphatic heterocycles. The fourth-order valence-electron chi connectivity index (χ4n) is 2.38. The molecule has 6 heteroatoms. The van der Waals surface area contributed by atoms with Crippen LogP contribution in [0.15, 0.2) is 46.9 Å². The molecule has 5 nitrogen and oxygen atoms in total. The SMILES string of the molecule is Cc1ccc2c(c1)N(CC(=O)Nc1ccccc1Br)C(=O)CO2. The van der Waals surface area contributed by atoms with Crippen molar-refractivity contribution in [2.75, 3.05) is 23.4 Å². The van der Waals surface area contributed by atoms with Gasteiger partial charge in [-0.2, -0.15) is 0 Å². The molecule has 0 saturated heterocycles. The van der Waals surface area contributed by atoms with Crippen molar-refractivity contribution < 1.29 is 14.3 Å². The molecule has 118 valence electrons. The van der Waals surface area contributed by atoms with Gasteiger partial charge in [-0.1, -0.05) is 18.2 Å². The summed E-state index contributed by atoms with van der Waals surface area (Å²) >= 11 is 3.38. The lowest BCUT2D eigenvalue weighted by Crippen LogP contribution is -2.43. The van der Waals surface area contributed by atoms with Gasteiger partial charge in [0.05, 0.1) is 11.4 Å². The standard InChI is InChI=1S/C17H15BrN2O3/c1-11-6-7-15-14(8-11)20(17(22)10-23-15)9-16(21)19-13-5-3-2-4-12(13)18/h2-8H,9-10H2,1H3,(H,19,21). The Balaban J connectivity index is 1.80. The number of fused-ring (bicyclic) bond motifs is 1. The molecule has 2 amide bonds. The van der Waals surface area contributed by atoms with Gasteiger partial charge in [0.2, 0.25) is 5.91 Å². The summed E-state index contributed by atoms with van der Waals surface area (Å²) in [4.78, 5) is 25.9. The van der Waals surface area contributed by atoms with Gasteiger partial charge in [0, 0.05) is 4.47 Å². The second-order valence-corrected chi connectivity index (χ2v) is 6.12. The quantitative estimate of drug-likeness (QED) is 0.897. The number of hydrogen-bond acceptors (Lipinski definition) is 3. The maximum absolute atomic E-state index is 12.3. The molecule has 23 heavy (non-hydrogen) atoms. The molecule has 0 bridgehead atoms. The van der Waals surface area contributed by atoms with E-state index in [0.29, 0.717) is 17.1 Å². The number of carbonyl (C=O) groups is 2. The van der Waals surface area contributed by atoms with E-state index in [4.69, 9.17) is 4.74 Å². The van der Waals surface area contributed by atoms with Gasteiger partial charge in [-0.25, -0.2) is 0 Å². The van der Waals surface area contributed by atoms with Crippen LogP contribution in [0.5, 0.6) is 5.75 Å². The molecule has 0 fully saturated rings. The van der Waals surface area contributed by atoms with Gasteiger partial charge in [0.1, 0.15) is 12.3 Å². The van der Waals surface area contributed by atoms with Crippen molar-refractivity contribution in [1.29, 1.82) is 0 Å². The Morgan fingerprint density at radius 2 is 2.09 bits per heavy atom. The third kappa shape index (κ3) is 3.37. The fourth-order valence-corrected chi connectivity index (χ4v) is 2.77. The number of nitrogens with zero attached hydrogens (tertiary/aromatic N) is 1. The van der Waals surface area contributed by atoms with Crippen LogP contribution in [0.4, 0.5) is 11.4 Å². The average molecular weight is 375 g/mol. The van der Waals surface area contributed by atoms with Gasteiger partial charge in [-0.3, -0.25) is 14.5 Å². The molecule has 2 aromatic carbocycles. The molecular formula is C17H15BrN2O3. The van der Waals surface area contributed by atoms with Gasteiger partial charge in [-0.15, -0.1) is 0 Å². The smallest absolute Gasteiger partial charge is 0.265 e. The Morgan fingerprint density at radius 3 is 2.87 bits per heavy atom. The Morgan fingerprint density at radius 1 is 1.30 bits per heavy atom. The molecule has 1 aliphatic rings. The maximum atomic E-state index is 12.3. The lowest BCUT2D eigenvalue weighted by molar-refractivity contribution is -0.123. The van der Waals surface area contributed by atoms with E-state index < -0.39 is 0 Å². The molecular weight excluding hydrogens is 360 g/mol. The number of ether oxygens (including phenoxy) is 1. The third-order valence-electron chi connectivity index (χ3n) is 3.51. The van der Waals surface area contributed by atoms with Crippen LogP contribution in [0.2, 0.25) is 0 Å². The lowest BCUT2D eigenvalue weighted by Gasteiger charge is -2.29. The number of amides is 2. The molecule has 3 rings (SSSR count). The van der Waals surface area contributed by atoms with Crippen molar-refractivity contribution >= 4 is 39.1 Å². The van der Waals surface area contributed by atoms with Crippen LogP contribution in [0.3, 0.4) is 0 Å². The van der Waals surface area contributed by atoms with Crippen LogP contribution in [0.25, 0.3) is 0 Å². The van der Waals surface area contributed by atoms with Gasteiger partial charge in [-0.05, 0) is 52.7 Å². The molecule has 2 aromatic rings. The largest absolute Gasteiger partial charge is 0.482 e. The Hall–Kier alpha value is -2.34. The highest BCUT2D eigenvalue weighted by Crippen LogP contribution is 2.32. The van der Waals surface area contributed by atoms with E-state index in [9.17, 15) is 9.59 Å². The fraction of sp³-hybridized carbons (Fsp3) is 0.176. The second-order valence-electron chi connectivity index (χ2n) is 5.27. The minimum absolute atomic E-state index is 0.0556. The van der Waals surface area contributed by atoms with Crippen molar-refractivity contribution in [2.45, 2.75) is 6.92 Å². The van der Waals surface area contributed by atoms with Crippen LogP contribution in [0.1, 0.15) is 5.56 Å². The Kier molecular flexibility index (Phi) is 4.34. The number of para-hydroxylation sites is 1. The van der Waals surface area contributed by atoms with Gasteiger partial charge >= 0.3 is 0 Å². The predicted molar refractivity (Wildman–Crippen MR) is 91.8 cm³/mol. The maximum Gasteiger partial charge on any atom is 0.265 e. The van der Waals surface area contributed by atoms with Gasteiger partial charge in [0.15, 0.2) is 6.61 Å². The van der Waals surface area contributed by atoms with Gasteiger partial charge < -0.3 is 10.1 Å². The minimum atomic E-state index is -0.264. The number of carbonyl (C=O) groups excluding carboxylic acids is 2. The number of anilines is 2. The van der Waals surface area contributed by atoms with Crippen LogP contribution in [-0.2, 0) is 9.59 Å². The van der Waals surface area contributed by atoms with E-state index in [0.717, 1.165) is 10.0 Å². The molecule has 0 aromatic heterocycles. The molecule has 0 atom stereocenters. The number of aryl methyl sites for hydroxylation is 1. The van der Waals surface area contributed by atoms with Crippen molar-refractivity contribution in [1.82, 2.24) is 0 Å². The van der Waals surface area contributed by atoms with Crippen molar-refractivity contribution in [3.8, 4) is 5.75 Å². The third-order valence-corrected chi connectivity index (χ3v) is 4.20. The van der Waals surface area contributed by atoms with E-state index in [1.54, 1.807) is 6.07 Å². The summed E-state index contributed by atoms with van der Waals surface area (Å²) < 4.78 is 6.20. The molecule has 0 spiro atoms. The Labute approximate surface area is 142 Å². The Bertz CT molecular complexity index is 776. The topological polar surface area (TPSA) is 58.6 Å². The van der Waals surface area contributed by atoms with E-state index in [1.807, 2.05) is 43.3 Å². The summed E-state index contributed by atoms with van der Waals surface area (Å²) in [7, 11) is 0. The summed E-state index contributed by atoms with van der Waals surface area (Å²) in [6.45, 7) is 1.82. The first-order valence-corrected chi connectivity index (χ1v) is 7.92. The lowest BCUT2D eigenvalue weighted by atomic mass is 10.1. The van der Waals surface area contributed by atoms with Crippen LogP contribution in [-0.4, -0.2) is 25.0 Å². The highest BCUT2D eigenvalue weighted by atomic mass is 79.9. The summed E-state index contributed by atoms with van der Waals surface area (Å²) in [6.07, 6.45) is 0. The first-order valence-electron chi connectivity index (χ1n) is 7.13. The number of benzene rings is 2. The summed E-state index contributed by atoms with van der Waals surface area (Å²) in [5, 5.41) is 2.80. The zero-order chi connectivity index (χ0) is 16.4. The summed E-state index contributed by atoms with van der Waals surface area (Å²) in [5.74, 6) is 0.119.